The molecule has 0 bridgehead atoms. The molecule has 1 aromatic carbocycles. The summed E-state index contributed by atoms with van der Waals surface area (Å²) < 4.78 is 3.96. The lowest BCUT2D eigenvalue weighted by Crippen LogP contribution is -2.31. The van der Waals surface area contributed by atoms with Crippen molar-refractivity contribution in [3.8, 4) is 5.82 Å². The van der Waals surface area contributed by atoms with Gasteiger partial charge in [0, 0.05) is 13.0 Å². The Morgan fingerprint density at radius 2 is 2.04 bits per heavy atom. The summed E-state index contributed by atoms with van der Waals surface area (Å²) in [6.45, 7) is 2.53. The number of rotatable bonds is 3. The molecule has 140 valence electrons. The van der Waals surface area contributed by atoms with Crippen molar-refractivity contribution in [2.24, 2.45) is 5.92 Å². The van der Waals surface area contributed by atoms with E-state index in [4.69, 9.17) is 0 Å². The van der Waals surface area contributed by atoms with Gasteiger partial charge >= 0.3 is 0 Å². The Morgan fingerprint density at radius 1 is 1.14 bits per heavy atom. The zero-order valence-electron chi connectivity index (χ0n) is 15.4. The minimum absolute atomic E-state index is 0.00128. The summed E-state index contributed by atoms with van der Waals surface area (Å²) in [7, 11) is 0. The number of nitrogens with one attached hydrogen (secondary N) is 1. The van der Waals surface area contributed by atoms with Crippen molar-refractivity contribution in [2.75, 3.05) is 5.32 Å². The second-order valence-corrected chi connectivity index (χ2v) is 7.01. The van der Waals surface area contributed by atoms with Crippen LogP contribution in [0.25, 0.3) is 16.9 Å². The summed E-state index contributed by atoms with van der Waals surface area (Å²) in [6.07, 6.45) is 4.98. The molecular formula is C20H19N7O. The number of carbonyl (C=O) groups is 1. The van der Waals surface area contributed by atoms with Gasteiger partial charge < -0.3 is 9.88 Å². The van der Waals surface area contributed by atoms with Crippen molar-refractivity contribution in [1.82, 2.24) is 29.3 Å². The van der Waals surface area contributed by atoms with Crippen LogP contribution in [-0.2, 0) is 17.8 Å². The monoisotopic (exact) mass is 373 g/mol. The van der Waals surface area contributed by atoms with Crippen LogP contribution in [0.15, 0.2) is 48.9 Å². The van der Waals surface area contributed by atoms with E-state index in [1.165, 1.54) is 0 Å². The number of hydrogen-bond acceptors (Lipinski definition) is 5. The average molecular weight is 373 g/mol. The third-order valence-corrected chi connectivity index (χ3v) is 5.22. The number of nitrogens with zero attached hydrogens (tertiary/aromatic N) is 6. The van der Waals surface area contributed by atoms with Crippen molar-refractivity contribution >= 4 is 22.6 Å². The molecule has 1 aliphatic rings. The summed E-state index contributed by atoms with van der Waals surface area (Å²) in [5, 5.41) is 11.2. The first-order chi connectivity index (χ1) is 13.7. The van der Waals surface area contributed by atoms with E-state index in [9.17, 15) is 4.79 Å². The molecule has 1 N–H and O–H groups in total. The fourth-order valence-electron chi connectivity index (χ4n) is 3.66. The molecule has 3 aromatic heterocycles. The summed E-state index contributed by atoms with van der Waals surface area (Å²) >= 11 is 0. The number of para-hydroxylation sites is 2. The number of aromatic nitrogens is 6. The highest BCUT2D eigenvalue weighted by Crippen LogP contribution is 2.22. The molecule has 0 spiro atoms. The van der Waals surface area contributed by atoms with E-state index in [2.05, 4.69) is 25.5 Å². The molecule has 1 amide bonds. The van der Waals surface area contributed by atoms with Gasteiger partial charge in [-0.25, -0.2) is 9.97 Å². The van der Waals surface area contributed by atoms with Crippen molar-refractivity contribution in [3.05, 3.63) is 60.6 Å². The second-order valence-electron chi connectivity index (χ2n) is 7.01. The Hall–Kier alpha value is -3.55. The van der Waals surface area contributed by atoms with Gasteiger partial charge in [0.1, 0.15) is 23.8 Å². The molecule has 28 heavy (non-hydrogen) atoms. The first kappa shape index (κ1) is 16.6. The van der Waals surface area contributed by atoms with E-state index in [0.717, 1.165) is 41.3 Å². The maximum Gasteiger partial charge on any atom is 0.229 e. The molecule has 0 saturated heterocycles. The Labute approximate surface area is 161 Å². The summed E-state index contributed by atoms with van der Waals surface area (Å²) in [6, 6.07) is 11.7. The van der Waals surface area contributed by atoms with Crippen molar-refractivity contribution < 1.29 is 4.79 Å². The highest BCUT2D eigenvalue weighted by atomic mass is 16.1. The third-order valence-electron chi connectivity index (χ3n) is 5.22. The van der Waals surface area contributed by atoms with Crippen molar-refractivity contribution in [2.45, 2.75) is 26.3 Å². The number of anilines is 1. The van der Waals surface area contributed by atoms with Crippen LogP contribution in [0.4, 0.5) is 5.69 Å². The largest absolute Gasteiger partial charge is 0.324 e. The maximum absolute atomic E-state index is 12.7. The van der Waals surface area contributed by atoms with Crippen LogP contribution < -0.4 is 5.32 Å². The summed E-state index contributed by atoms with van der Waals surface area (Å²) in [5.41, 5.74) is 2.60. The van der Waals surface area contributed by atoms with Crippen LogP contribution in [0, 0.1) is 12.8 Å². The molecule has 8 nitrogen and oxygen atoms in total. The Balaban J connectivity index is 1.31. The van der Waals surface area contributed by atoms with E-state index in [1.807, 2.05) is 52.5 Å². The highest BCUT2D eigenvalue weighted by molar-refractivity contribution is 5.92. The van der Waals surface area contributed by atoms with Crippen LogP contribution in [0.1, 0.15) is 18.1 Å². The van der Waals surface area contributed by atoms with Gasteiger partial charge in [-0.1, -0.05) is 12.1 Å². The molecule has 4 heterocycles. The predicted octanol–water partition coefficient (Wildman–Crippen LogP) is 2.52. The van der Waals surface area contributed by atoms with Crippen molar-refractivity contribution in [1.29, 1.82) is 0 Å². The Kier molecular flexibility index (Phi) is 3.89. The number of imidazole rings is 1. The standard InChI is InChI=1S/C20H19N7O/c1-13-24-25-19-8-6-14(11-26(13)19)20(28)23-15-7-9-18(21-10-15)27-12-22-16-4-2-3-5-17(16)27/h2-5,7,9-10,12,14H,6,8,11H2,1H3,(H,23,28)/t14-/m1/s1. The molecular weight excluding hydrogens is 354 g/mol. The zero-order valence-corrected chi connectivity index (χ0v) is 15.4. The lowest BCUT2D eigenvalue weighted by atomic mass is 9.98. The fourth-order valence-corrected chi connectivity index (χ4v) is 3.66. The van der Waals surface area contributed by atoms with E-state index in [0.29, 0.717) is 12.2 Å². The van der Waals surface area contributed by atoms with Gasteiger partial charge in [-0.05, 0) is 37.6 Å². The van der Waals surface area contributed by atoms with Gasteiger partial charge in [0.05, 0.1) is 28.8 Å². The van der Waals surface area contributed by atoms with E-state index in [-0.39, 0.29) is 11.8 Å². The van der Waals surface area contributed by atoms with Gasteiger partial charge in [0.2, 0.25) is 5.91 Å². The molecule has 0 radical (unpaired) electrons. The van der Waals surface area contributed by atoms with Gasteiger partial charge in [-0.15, -0.1) is 10.2 Å². The molecule has 0 unspecified atom stereocenters. The van der Waals surface area contributed by atoms with Crippen LogP contribution >= 0.6 is 0 Å². The van der Waals surface area contributed by atoms with E-state index in [1.54, 1.807) is 12.5 Å². The normalized spacial score (nSPS) is 16.1. The number of benzene rings is 1. The molecule has 1 aliphatic heterocycles. The fraction of sp³-hybridized carbons (Fsp3) is 0.250. The predicted molar refractivity (Wildman–Crippen MR) is 104 cm³/mol. The molecule has 0 saturated carbocycles. The van der Waals surface area contributed by atoms with Gasteiger partial charge in [-0.3, -0.25) is 9.36 Å². The van der Waals surface area contributed by atoms with Crippen LogP contribution in [-0.4, -0.2) is 35.2 Å². The van der Waals surface area contributed by atoms with E-state index >= 15 is 0 Å². The van der Waals surface area contributed by atoms with Crippen LogP contribution in [0.2, 0.25) is 0 Å². The molecule has 0 fully saturated rings. The lowest BCUT2D eigenvalue weighted by Gasteiger charge is -2.23. The second kappa shape index (κ2) is 6.56. The SMILES string of the molecule is Cc1nnc2n1C[C@H](C(=O)Nc1ccc(-n3cnc4ccccc43)nc1)CC2. The number of carbonyl (C=O) groups excluding carboxylic acids is 1. The number of amides is 1. The van der Waals surface area contributed by atoms with Gasteiger partial charge in [0.25, 0.3) is 0 Å². The topological polar surface area (TPSA) is 90.5 Å². The van der Waals surface area contributed by atoms with E-state index < -0.39 is 0 Å². The maximum atomic E-state index is 12.7. The smallest absolute Gasteiger partial charge is 0.229 e. The summed E-state index contributed by atoms with van der Waals surface area (Å²) in [5.74, 6) is 2.47. The van der Waals surface area contributed by atoms with Crippen LogP contribution in [0.3, 0.4) is 0 Å². The van der Waals surface area contributed by atoms with Gasteiger partial charge in [-0.2, -0.15) is 0 Å². The Bertz CT molecular complexity index is 1160. The van der Waals surface area contributed by atoms with Crippen molar-refractivity contribution in [3.63, 3.8) is 0 Å². The van der Waals surface area contributed by atoms with Crippen LogP contribution in [0.5, 0.6) is 0 Å². The zero-order chi connectivity index (χ0) is 19.1. The molecule has 1 atom stereocenters. The first-order valence-corrected chi connectivity index (χ1v) is 9.27. The minimum atomic E-state index is -0.0977. The number of hydrogen-bond donors (Lipinski definition) is 1. The number of pyridine rings is 1. The Morgan fingerprint density at radius 3 is 2.89 bits per heavy atom. The number of aryl methyl sites for hydroxylation is 2. The quantitative estimate of drug-likeness (QED) is 0.596. The third kappa shape index (κ3) is 2.83. The molecule has 4 aromatic rings. The number of fused-ring (bicyclic) bond motifs is 2. The summed E-state index contributed by atoms with van der Waals surface area (Å²) in [4.78, 5) is 21.6. The highest BCUT2D eigenvalue weighted by Gasteiger charge is 2.26. The lowest BCUT2D eigenvalue weighted by molar-refractivity contribution is -0.120. The average Bonchev–Trinajstić information content (AvgIpc) is 3.32. The molecule has 0 aliphatic carbocycles. The molecule has 5 rings (SSSR count). The minimum Gasteiger partial charge on any atom is -0.324 e. The molecule has 8 heteroatoms. The van der Waals surface area contributed by atoms with Gasteiger partial charge in [0.15, 0.2) is 0 Å². The first-order valence-electron chi connectivity index (χ1n) is 9.27.